The molecule has 400 valence electrons. The molecular formula is C73H84BN3S. The molecule has 5 heteroatoms. The van der Waals surface area contributed by atoms with Crippen molar-refractivity contribution in [2.75, 3.05) is 14.7 Å². The highest BCUT2D eigenvalue weighted by molar-refractivity contribution is 7.33. The summed E-state index contributed by atoms with van der Waals surface area (Å²) in [4.78, 5) is 7.83. The number of thiophene rings is 1. The van der Waals surface area contributed by atoms with Crippen LogP contribution >= 0.6 is 11.3 Å². The molecule has 0 amide bonds. The third kappa shape index (κ3) is 8.49. The first-order valence-corrected chi connectivity index (χ1v) is 30.0. The molecule has 0 fully saturated rings. The van der Waals surface area contributed by atoms with Crippen LogP contribution in [0.5, 0.6) is 0 Å². The lowest BCUT2D eigenvalue weighted by molar-refractivity contribution is 0.332. The quantitative estimate of drug-likeness (QED) is 0.159. The van der Waals surface area contributed by atoms with E-state index in [1.807, 2.05) is 11.3 Å². The molecule has 0 atom stereocenters. The van der Waals surface area contributed by atoms with E-state index in [4.69, 9.17) is 0 Å². The maximum atomic E-state index is 2.67. The van der Waals surface area contributed by atoms with E-state index in [-0.39, 0.29) is 44.6 Å². The van der Waals surface area contributed by atoms with E-state index in [9.17, 15) is 0 Å². The molecule has 0 N–H and O–H groups in total. The van der Waals surface area contributed by atoms with Crippen molar-refractivity contribution in [2.24, 2.45) is 0 Å². The highest BCUT2D eigenvalue weighted by atomic mass is 32.1. The largest absolute Gasteiger partial charge is 0.311 e. The van der Waals surface area contributed by atoms with Crippen molar-refractivity contribution in [3.63, 3.8) is 0 Å². The number of benzene rings is 7. The number of fused-ring (bicyclic) bond motifs is 8. The second-order valence-electron chi connectivity index (χ2n) is 29.8. The summed E-state index contributed by atoms with van der Waals surface area (Å²) in [7, 11) is 0. The standard InChI is InChI=1S/C73H84BN3S/c1-45-39-61-64-62(40-45)77(51-29-23-48(24-30-51)69(8,9)10)65-54-43-57-58(73(17,18)38-37-72(57,15)16)44-63(54)78-66(65)74(64)59-34-32-53(42-60(59)76(61)50-27-21-47(22-28-50)68(5,6)7)75(49-25-19-46(20-26-49)67(2,3)4)52-31-33-55-56(41-52)71(13,14)36-35-70(55,11)12/h19-34,39-44H,35-38H2,1-18H3. The van der Waals surface area contributed by atoms with Crippen LogP contribution in [0.1, 0.15) is 188 Å². The molecular weight excluding hydrogens is 962 g/mol. The summed E-state index contributed by atoms with van der Waals surface area (Å²) < 4.78 is 2.81. The number of nitrogens with zero attached hydrogens (tertiary/aromatic N) is 3. The molecule has 0 unspecified atom stereocenters. The molecule has 12 rings (SSSR count). The summed E-state index contributed by atoms with van der Waals surface area (Å²) in [5.41, 5.74) is 25.4. The lowest BCUT2D eigenvalue weighted by atomic mass is 9.36. The zero-order valence-corrected chi connectivity index (χ0v) is 51.2. The van der Waals surface area contributed by atoms with Gasteiger partial charge in [0, 0.05) is 60.4 Å². The third-order valence-electron chi connectivity index (χ3n) is 19.1. The van der Waals surface area contributed by atoms with E-state index in [2.05, 4.69) is 273 Å². The Morgan fingerprint density at radius 3 is 1.38 bits per heavy atom. The number of anilines is 9. The van der Waals surface area contributed by atoms with Crippen molar-refractivity contribution in [3.05, 3.63) is 178 Å². The number of hydrogen-bond acceptors (Lipinski definition) is 4. The van der Waals surface area contributed by atoms with Crippen LogP contribution in [0.2, 0.25) is 0 Å². The first-order valence-electron chi connectivity index (χ1n) is 29.2. The number of aryl methyl sites for hydroxylation is 1. The Labute approximate surface area is 473 Å². The van der Waals surface area contributed by atoms with Crippen LogP contribution in [-0.4, -0.2) is 6.71 Å². The van der Waals surface area contributed by atoms with Gasteiger partial charge >= 0.3 is 0 Å². The van der Waals surface area contributed by atoms with Gasteiger partial charge in [-0.3, -0.25) is 0 Å². The second kappa shape index (κ2) is 17.5. The van der Waals surface area contributed by atoms with Gasteiger partial charge in [-0.25, -0.2) is 0 Å². The molecule has 0 spiro atoms. The van der Waals surface area contributed by atoms with Crippen LogP contribution in [-0.2, 0) is 37.9 Å². The lowest BCUT2D eigenvalue weighted by Crippen LogP contribution is -2.60. The van der Waals surface area contributed by atoms with E-state index in [1.165, 1.54) is 135 Å². The van der Waals surface area contributed by atoms with Gasteiger partial charge in [-0.15, -0.1) is 11.3 Å². The van der Waals surface area contributed by atoms with Gasteiger partial charge in [-0.1, -0.05) is 166 Å². The van der Waals surface area contributed by atoms with Crippen LogP contribution in [0.3, 0.4) is 0 Å². The Kier molecular flexibility index (Phi) is 11.8. The van der Waals surface area contributed by atoms with E-state index < -0.39 is 0 Å². The van der Waals surface area contributed by atoms with Gasteiger partial charge in [-0.2, -0.15) is 0 Å². The Hall–Kier alpha value is -6.04. The van der Waals surface area contributed by atoms with Crippen molar-refractivity contribution >= 4 is 95.0 Å². The zero-order valence-electron chi connectivity index (χ0n) is 50.4. The topological polar surface area (TPSA) is 9.72 Å². The van der Waals surface area contributed by atoms with Crippen LogP contribution in [0.15, 0.2) is 133 Å². The lowest BCUT2D eigenvalue weighted by Gasteiger charge is -2.44. The molecule has 7 aromatic carbocycles. The number of rotatable bonds is 5. The summed E-state index contributed by atoms with van der Waals surface area (Å²) in [5, 5.41) is 1.37. The molecule has 0 bridgehead atoms. The summed E-state index contributed by atoms with van der Waals surface area (Å²) in [5.74, 6) is 0. The van der Waals surface area contributed by atoms with Gasteiger partial charge in [0.25, 0.3) is 6.71 Å². The van der Waals surface area contributed by atoms with Crippen molar-refractivity contribution < 1.29 is 0 Å². The van der Waals surface area contributed by atoms with E-state index >= 15 is 0 Å². The van der Waals surface area contributed by atoms with Crippen molar-refractivity contribution in [1.82, 2.24) is 0 Å². The fourth-order valence-corrected chi connectivity index (χ4v) is 15.2. The Morgan fingerprint density at radius 1 is 0.436 bits per heavy atom. The molecule has 1 aromatic heterocycles. The summed E-state index contributed by atoms with van der Waals surface area (Å²) >= 11 is 2.04. The molecule has 3 nitrogen and oxygen atoms in total. The predicted octanol–water partition coefficient (Wildman–Crippen LogP) is 19.4. The monoisotopic (exact) mass is 1050 g/mol. The van der Waals surface area contributed by atoms with Crippen molar-refractivity contribution in [3.8, 4) is 0 Å². The molecule has 8 aromatic rings. The average Bonchev–Trinajstić information content (AvgIpc) is 3.53. The van der Waals surface area contributed by atoms with Gasteiger partial charge < -0.3 is 14.7 Å². The highest BCUT2D eigenvalue weighted by Gasteiger charge is 2.47. The molecule has 0 saturated carbocycles. The third-order valence-corrected chi connectivity index (χ3v) is 20.3. The molecule has 0 radical (unpaired) electrons. The first kappa shape index (κ1) is 52.7. The second-order valence-corrected chi connectivity index (χ2v) is 30.8. The fraction of sp³-hybridized carbons (Fsp3) is 0.397. The SMILES string of the molecule is Cc1cc2c3c(c1)N(c1ccc(C(C)(C)C)cc1)c1c(sc4cc5c(cc14)C(C)(C)CCC5(C)C)B3c1ccc(N(c3ccc(C(C)(C)C)cc3)c3ccc4c(c3)C(C)(C)CCC4(C)C)cc1N2c1ccc(C(C)(C)C)cc1. The normalized spacial score (nSPS) is 17.7. The zero-order chi connectivity index (χ0) is 55.6. The number of hydrogen-bond donors (Lipinski definition) is 0. The van der Waals surface area contributed by atoms with Crippen LogP contribution in [0.4, 0.5) is 51.2 Å². The van der Waals surface area contributed by atoms with E-state index in [0.29, 0.717) is 0 Å². The van der Waals surface area contributed by atoms with Crippen molar-refractivity contribution in [2.45, 2.75) is 188 Å². The molecule has 78 heavy (non-hydrogen) atoms. The molecule has 3 heterocycles. The maximum absolute atomic E-state index is 2.67. The molecule has 2 aliphatic carbocycles. The average molecular weight is 1050 g/mol. The Morgan fingerprint density at radius 2 is 0.859 bits per heavy atom. The fourth-order valence-electron chi connectivity index (χ4n) is 13.8. The van der Waals surface area contributed by atoms with Crippen LogP contribution in [0, 0.1) is 6.92 Å². The van der Waals surface area contributed by atoms with Gasteiger partial charge in [0.05, 0.1) is 5.69 Å². The van der Waals surface area contributed by atoms with Crippen molar-refractivity contribution in [1.29, 1.82) is 0 Å². The molecule has 4 aliphatic rings. The molecule has 0 saturated heterocycles. The minimum atomic E-state index is 0.00610. The van der Waals surface area contributed by atoms with Gasteiger partial charge in [0.2, 0.25) is 0 Å². The minimum Gasteiger partial charge on any atom is -0.311 e. The predicted molar refractivity (Wildman–Crippen MR) is 342 cm³/mol. The Bertz CT molecular complexity index is 3700. The van der Waals surface area contributed by atoms with Crippen LogP contribution in [0.25, 0.3) is 10.1 Å². The Balaban J connectivity index is 1.15. The van der Waals surface area contributed by atoms with Gasteiger partial charge in [0.15, 0.2) is 0 Å². The van der Waals surface area contributed by atoms with E-state index in [0.717, 1.165) is 12.1 Å². The first-order chi connectivity index (χ1) is 36.4. The minimum absolute atomic E-state index is 0.00610. The van der Waals surface area contributed by atoms with E-state index in [1.54, 1.807) is 0 Å². The highest BCUT2D eigenvalue weighted by Crippen LogP contribution is 2.54. The van der Waals surface area contributed by atoms with Crippen LogP contribution < -0.4 is 30.4 Å². The van der Waals surface area contributed by atoms with Gasteiger partial charge in [0.1, 0.15) is 0 Å². The maximum Gasteiger partial charge on any atom is 0.264 e. The summed E-state index contributed by atoms with van der Waals surface area (Å²) in [6.45, 7) is 42.9. The smallest absolute Gasteiger partial charge is 0.264 e. The van der Waals surface area contributed by atoms with Gasteiger partial charge in [-0.05, 0) is 211 Å². The summed E-state index contributed by atoms with van der Waals surface area (Å²) in [6, 6.07) is 53.6. The summed E-state index contributed by atoms with van der Waals surface area (Å²) in [6.07, 6.45) is 4.72. The molecule has 2 aliphatic heterocycles.